The van der Waals surface area contributed by atoms with E-state index in [0.717, 1.165) is 0 Å². The first-order chi connectivity index (χ1) is 14.9. The first kappa shape index (κ1) is 20.6. The number of ketones is 1. The van der Waals surface area contributed by atoms with Crippen molar-refractivity contribution in [2.75, 3.05) is 7.11 Å². The standard InChI is InChI=1S/C22H15ClFNO6/c1-28-20-10-13(31-25-20)6-8-21(26)29-12-5-7-14-18(9-12)30-19(22(14)27)11-15-16(23)3-2-4-17(15)24/h2-5,7,9-11H,6,8H2,1H3/b19-11-. The second-order valence-electron chi connectivity index (χ2n) is 6.54. The van der Waals surface area contributed by atoms with Crippen LogP contribution in [0.5, 0.6) is 17.4 Å². The van der Waals surface area contributed by atoms with Crippen molar-refractivity contribution in [3.63, 3.8) is 0 Å². The first-order valence-electron chi connectivity index (χ1n) is 9.17. The molecule has 1 aliphatic rings. The molecule has 158 valence electrons. The van der Waals surface area contributed by atoms with E-state index in [0.29, 0.717) is 11.6 Å². The van der Waals surface area contributed by atoms with Crippen molar-refractivity contribution in [1.82, 2.24) is 5.16 Å². The van der Waals surface area contributed by atoms with Gasteiger partial charge in [-0.05, 0) is 35.5 Å². The minimum atomic E-state index is -0.577. The predicted molar refractivity (Wildman–Crippen MR) is 108 cm³/mol. The molecule has 7 nitrogen and oxygen atoms in total. The lowest BCUT2D eigenvalue weighted by atomic mass is 10.1. The molecule has 0 bridgehead atoms. The van der Waals surface area contributed by atoms with Gasteiger partial charge in [0.1, 0.15) is 23.1 Å². The van der Waals surface area contributed by atoms with Gasteiger partial charge < -0.3 is 18.7 Å². The molecule has 0 aliphatic carbocycles. The molecule has 9 heteroatoms. The number of esters is 1. The average molecular weight is 444 g/mol. The Labute approximate surface area is 181 Å². The van der Waals surface area contributed by atoms with Crippen molar-refractivity contribution >= 4 is 29.4 Å². The average Bonchev–Trinajstić information content (AvgIpc) is 3.33. The lowest BCUT2D eigenvalue weighted by molar-refractivity contribution is -0.134. The highest BCUT2D eigenvalue weighted by atomic mass is 35.5. The van der Waals surface area contributed by atoms with Gasteiger partial charge in [0.15, 0.2) is 5.76 Å². The van der Waals surface area contributed by atoms with E-state index in [2.05, 4.69) is 5.16 Å². The predicted octanol–water partition coefficient (Wildman–Crippen LogP) is 4.63. The summed E-state index contributed by atoms with van der Waals surface area (Å²) in [4.78, 5) is 24.7. The molecule has 0 radical (unpaired) electrons. The number of hydrogen-bond donors (Lipinski definition) is 0. The van der Waals surface area contributed by atoms with Crippen LogP contribution in [0, 0.1) is 5.82 Å². The van der Waals surface area contributed by atoms with Crippen LogP contribution in [0.4, 0.5) is 4.39 Å². The maximum atomic E-state index is 14.0. The Hall–Kier alpha value is -3.65. The lowest BCUT2D eigenvalue weighted by Crippen LogP contribution is -2.08. The van der Waals surface area contributed by atoms with Crippen LogP contribution in [-0.4, -0.2) is 24.0 Å². The SMILES string of the molecule is COc1cc(CCC(=O)Oc2ccc3c(c2)O/C(=C\c2c(F)cccc2Cl)C3=O)on1. The molecule has 0 fully saturated rings. The molecule has 3 aromatic rings. The van der Waals surface area contributed by atoms with Gasteiger partial charge in [-0.1, -0.05) is 17.7 Å². The Kier molecular flexibility index (Phi) is 5.73. The summed E-state index contributed by atoms with van der Waals surface area (Å²) in [6, 6.07) is 10.2. The lowest BCUT2D eigenvalue weighted by Gasteiger charge is -2.05. The van der Waals surface area contributed by atoms with Gasteiger partial charge >= 0.3 is 5.97 Å². The normalized spacial score (nSPS) is 13.8. The van der Waals surface area contributed by atoms with Gasteiger partial charge in [-0.25, -0.2) is 4.39 Å². The highest BCUT2D eigenvalue weighted by Crippen LogP contribution is 2.36. The third-order valence-electron chi connectivity index (χ3n) is 4.47. The Morgan fingerprint density at radius 3 is 2.84 bits per heavy atom. The summed E-state index contributed by atoms with van der Waals surface area (Å²) in [5.41, 5.74) is 0.322. The number of aryl methyl sites for hydroxylation is 1. The molecule has 0 atom stereocenters. The first-order valence-corrected chi connectivity index (χ1v) is 9.55. The molecule has 2 heterocycles. The number of ether oxygens (including phenoxy) is 3. The highest BCUT2D eigenvalue weighted by Gasteiger charge is 2.28. The van der Waals surface area contributed by atoms with Gasteiger partial charge in [0.05, 0.1) is 24.1 Å². The summed E-state index contributed by atoms with van der Waals surface area (Å²) in [5, 5.41) is 3.81. The van der Waals surface area contributed by atoms with Crippen molar-refractivity contribution in [3.05, 3.63) is 76.0 Å². The van der Waals surface area contributed by atoms with Gasteiger partial charge in [-0.2, -0.15) is 0 Å². The summed E-state index contributed by atoms with van der Waals surface area (Å²) in [7, 11) is 1.46. The van der Waals surface area contributed by atoms with Gasteiger partial charge in [0.2, 0.25) is 5.78 Å². The van der Waals surface area contributed by atoms with Gasteiger partial charge in [0, 0.05) is 24.1 Å². The van der Waals surface area contributed by atoms with Crippen molar-refractivity contribution in [2.24, 2.45) is 0 Å². The zero-order chi connectivity index (χ0) is 22.0. The van der Waals surface area contributed by atoms with Crippen LogP contribution in [-0.2, 0) is 11.2 Å². The number of aromatic nitrogens is 1. The zero-order valence-corrected chi connectivity index (χ0v) is 16.9. The fourth-order valence-electron chi connectivity index (χ4n) is 2.93. The van der Waals surface area contributed by atoms with Crippen molar-refractivity contribution in [1.29, 1.82) is 0 Å². The number of halogens is 2. The maximum Gasteiger partial charge on any atom is 0.311 e. The number of carbonyl (C=O) groups excluding carboxylic acids is 2. The number of nitrogens with zero attached hydrogens (tertiary/aromatic N) is 1. The molecule has 0 saturated heterocycles. The number of hydrogen-bond acceptors (Lipinski definition) is 7. The van der Waals surface area contributed by atoms with E-state index in [1.54, 1.807) is 6.07 Å². The topological polar surface area (TPSA) is 87.9 Å². The van der Waals surface area contributed by atoms with E-state index in [-0.39, 0.29) is 46.2 Å². The van der Waals surface area contributed by atoms with E-state index in [9.17, 15) is 14.0 Å². The minimum absolute atomic E-state index is 0.0478. The molecule has 31 heavy (non-hydrogen) atoms. The van der Waals surface area contributed by atoms with Crippen molar-refractivity contribution in [3.8, 4) is 17.4 Å². The van der Waals surface area contributed by atoms with E-state index in [1.165, 1.54) is 49.6 Å². The summed E-state index contributed by atoms with van der Waals surface area (Å²) in [5.74, 6) is -0.371. The summed E-state index contributed by atoms with van der Waals surface area (Å²) >= 11 is 6.01. The molecule has 2 aromatic carbocycles. The van der Waals surface area contributed by atoms with Crippen LogP contribution in [0.2, 0.25) is 5.02 Å². The summed E-state index contributed by atoms with van der Waals surface area (Å²) < 4.78 is 34.8. The van der Waals surface area contributed by atoms with Crippen LogP contribution in [0.25, 0.3) is 6.08 Å². The third-order valence-corrected chi connectivity index (χ3v) is 4.80. The number of carbonyl (C=O) groups is 2. The number of Topliss-reactive ketones (excluding diaryl/α,β-unsaturated/α-hetero) is 1. The number of fused-ring (bicyclic) bond motifs is 1. The molecule has 0 spiro atoms. The largest absolute Gasteiger partial charge is 0.479 e. The third kappa shape index (κ3) is 4.44. The van der Waals surface area contributed by atoms with E-state index in [1.807, 2.05) is 0 Å². The molecule has 1 aromatic heterocycles. The molecular weight excluding hydrogens is 429 g/mol. The van der Waals surface area contributed by atoms with E-state index < -0.39 is 17.6 Å². The fourth-order valence-corrected chi connectivity index (χ4v) is 3.14. The molecular formula is C22H15ClFNO6. The van der Waals surface area contributed by atoms with Gasteiger partial charge in [-0.3, -0.25) is 9.59 Å². The quantitative estimate of drug-likeness (QED) is 0.312. The Bertz CT molecular complexity index is 1180. The van der Waals surface area contributed by atoms with Gasteiger partial charge in [0.25, 0.3) is 5.88 Å². The molecule has 4 rings (SSSR count). The smallest absolute Gasteiger partial charge is 0.311 e. The van der Waals surface area contributed by atoms with E-state index in [4.69, 9.17) is 30.3 Å². The number of allylic oxidation sites excluding steroid dienone is 1. The van der Waals surface area contributed by atoms with Crippen LogP contribution in [0.3, 0.4) is 0 Å². The van der Waals surface area contributed by atoms with Crippen molar-refractivity contribution in [2.45, 2.75) is 12.8 Å². The molecule has 0 unspecified atom stereocenters. The Morgan fingerprint density at radius 1 is 1.26 bits per heavy atom. The number of methoxy groups -OCH3 is 1. The second-order valence-corrected chi connectivity index (χ2v) is 6.95. The zero-order valence-electron chi connectivity index (χ0n) is 16.2. The van der Waals surface area contributed by atoms with Crippen LogP contribution in [0.15, 0.2) is 52.7 Å². The molecule has 0 N–H and O–H groups in total. The van der Waals surface area contributed by atoms with Gasteiger partial charge in [-0.15, -0.1) is 0 Å². The molecule has 1 aliphatic heterocycles. The number of benzene rings is 2. The maximum absolute atomic E-state index is 14.0. The Balaban J connectivity index is 1.44. The molecule has 0 amide bonds. The molecule has 0 saturated carbocycles. The second kappa shape index (κ2) is 8.61. The van der Waals surface area contributed by atoms with Crippen LogP contribution in [0.1, 0.15) is 28.1 Å². The van der Waals surface area contributed by atoms with Crippen LogP contribution < -0.4 is 14.2 Å². The fraction of sp³-hybridized carbons (Fsp3) is 0.136. The van der Waals surface area contributed by atoms with E-state index >= 15 is 0 Å². The summed E-state index contributed by atoms with van der Waals surface area (Å²) in [6.45, 7) is 0. The Morgan fingerprint density at radius 2 is 2.10 bits per heavy atom. The highest BCUT2D eigenvalue weighted by molar-refractivity contribution is 6.32. The minimum Gasteiger partial charge on any atom is -0.479 e. The van der Waals surface area contributed by atoms with Crippen LogP contribution >= 0.6 is 11.6 Å². The summed E-state index contributed by atoms with van der Waals surface area (Å²) in [6.07, 6.45) is 1.58. The monoisotopic (exact) mass is 443 g/mol. The van der Waals surface area contributed by atoms with Crippen molar-refractivity contribution < 1.29 is 32.7 Å². The number of rotatable bonds is 6.